The fraction of sp³-hybridized carbons (Fsp3) is 0.480. The number of fused-ring (bicyclic) bond motifs is 2. The first-order valence-electron chi connectivity index (χ1n) is 11.3. The van der Waals surface area contributed by atoms with Crippen LogP contribution in [0.3, 0.4) is 0 Å². The molecule has 0 saturated carbocycles. The SMILES string of the molecule is CCCCNCCOc1ccc2cc3ccc(OCCNCCCC)cc3nc2c1.Cl.Cl.Cl. The standard InChI is InChI=1S/C25H35N3O2.3ClH/c1-3-5-11-26-13-15-29-22-9-7-20-17-21-8-10-23(19-25(21)28-24(20)18-22)30-16-14-27-12-6-4-2;;;/h7-10,17-19,26-27H,3-6,11-16H2,1-2H3;3*1H. The van der Waals surface area contributed by atoms with E-state index in [-0.39, 0.29) is 37.2 Å². The lowest BCUT2D eigenvalue weighted by Gasteiger charge is -2.10. The lowest BCUT2D eigenvalue weighted by Crippen LogP contribution is -2.21. The van der Waals surface area contributed by atoms with Crippen LogP contribution in [0.5, 0.6) is 11.5 Å². The van der Waals surface area contributed by atoms with E-state index < -0.39 is 0 Å². The summed E-state index contributed by atoms with van der Waals surface area (Å²) < 4.78 is 11.8. The van der Waals surface area contributed by atoms with E-state index in [0.717, 1.165) is 59.5 Å². The molecular weight excluding hydrogens is 481 g/mol. The van der Waals surface area contributed by atoms with Crippen molar-refractivity contribution < 1.29 is 9.47 Å². The van der Waals surface area contributed by atoms with Crippen LogP contribution in [-0.2, 0) is 0 Å². The molecule has 0 radical (unpaired) electrons. The van der Waals surface area contributed by atoms with Crippen LogP contribution in [-0.4, -0.2) is 44.4 Å². The van der Waals surface area contributed by atoms with E-state index in [9.17, 15) is 0 Å². The molecule has 0 spiro atoms. The van der Waals surface area contributed by atoms with Crippen LogP contribution in [0, 0.1) is 0 Å². The van der Waals surface area contributed by atoms with Crippen molar-refractivity contribution in [3.63, 3.8) is 0 Å². The van der Waals surface area contributed by atoms with E-state index in [2.05, 4.69) is 42.7 Å². The third kappa shape index (κ3) is 10.5. The molecule has 8 heteroatoms. The zero-order valence-corrected chi connectivity index (χ0v) is 22.1. The van der Waals surface area contributed by atoms with Crippen LogP contribution in [0.25, 0.3) is 21.8 Å². The fourth-order valence-electron chi connectivity index (χ4n) is 3.30. The van der Waals surface area contributed by atoms with Gasteiger partial charge in [-0.3, -0.25) is 0 Å². The van der Waals surface area contributed by atoms with Crippen LogP contribution in [0.2, 0.25) is 0 Å². The Hall–Kier alpha value is -1.50. The first-order valence-corrected chi connectivity index (χ1v) is 11.3. The third-order valence-electron chi connectivity index (χ3n) is 5.07. The van der Waals surface area contributed by atoms with Crippen LogP contribution >= 0.6 is 37.2 Å². The Bertz CT molecular complexity index is 857. The van der Waals surface area contributed by atoms with Gasteiger partial charge in [0, 0.05) is 36.0 Å². The van der Waals surface area contributed by atoms with Gasteiger partial charge in [0.05, 0.1) is 11.0 Å². The van der Waals surface area contributed by atoms with Gasteiger partial charge in [-0.2, -0.15) is 0 Å². The second kappa shape index (κ2) is 17.9. The van der Waals surface area contributed by atoms with Crippen molar-refractivity contribution in [1.82, 2.24) is 15.6 Å². The van der Waals surface area contributed by atoms with E-state index in [1.165, 1.54) is 25.7 Å². The van der Waals surface area contributed by atoms with E-state index in [4.69, 9.17) is 14.5 Å². The fourth-order valence-corrected chi connectivity index (χ4v) is 3.30. The minimum Gasteiger partial charge on any atom is -0.492 e. The molecule has 0 atom stereocenters. The first-order chi connectivity index (χ1) is 14.8. The molecule has 3 rings (SSSR count). The van der Waals surface area contributed by atoms with Crippen molar-refractivity contribution in [2.45, 2.75) is 39.5 Å². The van der Waals surface area contributed by atoms with Gasteiger partial charge >= 0.3 is 0 Å². The van der Waals surface area contributed by atoms with Crippen molar-refractivity contribution in [3.05, 3.63) is 42.5 Å². The van der Waals surface area contributed by atoms with Crippen LogP contribution in [0.15, 0.2) is 42.5 Å². The summed E-state index contributed by atoms with van der Waals surface area (Å²) in [6.07, 6.45) is 4.82. The summed E-state index contributed by atoms with van der Waals surface area (Å²) in [7, 11) is 0. The number of nitrogens with zero attached hydrogens (tertiary/aromatic N) is 1. The number of aromatic nitrogens is 1. The maximum atomic E-state index is 5.89. The number of unbranched alkanes of at least 4 members (excludes halogenated alkanes) is 2. The lowest BCUT2D eigenvalue weighted by molar-refractivity contribution is 0.314. The highest BCUT2D eigenvalue weighted by molar-refractivity contribution is 5.93. The van der Waals surface area contributed by atoms with Gasteiger partial charge in [-0.25, -0.2) is 4.98 Å². The molecule has 0 aliphatic rings. The third-order valence-corrected chi connectivity index (χ3v) is 5.07. The van der Waals surface area contributed by atoms with Crippen molar-refractivity contribution in [2.24, 2.45) is 0 Å². The molecule has 3 aromatic rings. The molecule has 5 nitrogen and oxygen atoms in total. The van der Waals surface area contributed by atoms with Gasteiger partial charge in [0.2, 0.25) is 0 Å². The zero-order chi connectivity index (χ0) is 21.0. The second-order valence-corrected chi connectivity index (χ2v) is 7.60. The Labute approximate surface area is 216 Å². The van der Waals surface area contributed by atoms with Crippen molar-refractivity contribution in [2.75, 3.05) is 39.4 Å². The average molecular weight is 519 g/mol. The second-order valence-electron chi connectivity index (χ2n) is 7.60. The largest absolute Gasteiger partial charge is 0.492 e. The summed E-state index contributed by atoms with van der Waals surface area (Å²) in [6, 6.07) is 14.4. The normalized spacial score (nSPS) is 10.2. The maximum Gasteiger partial charge on any atom is 0.121 e. The molecule has 0 aliphatic carbocycles. The minimum absolute atomic E-state index is 0. The van der Waals surface area contributed by atoms with Gasteiger partial charge in [-0.1, -0.05) is 26.7 Å². The molecule has 2 N–H and O–H groups in total. The predicted molar refractivity (Wildman–Crippen MR) is 148 cm³/mol. The van der Waals surface area contributed by atoms with E-state index in [1.807, 2.05) is 24.3 Å². The maximum absolute atomic E-state index is 5.89. The molecule has 0 bridgehead atoms. The summed E-state index contributed by atoms with van der Waals surface area (Å²) in [5.41, 5.74) is 1.88. The summed E-state index contributed by atoms with van der Waals surface area (Å²) in [5.74, 6) is 1.72. The molecule has 186 valence electrons. The van der Waals surface area contributed by atoms with Gasteiger partial charge in [0.15, 0.2) is 0 Å². The van der Waals surface area contributed by atoms with Crippen LogP contribution in [0.4, 0.5) is 0 Å². The highest BCUT2D eigenvalue weighted by Crippen LogP contribution is 2.26. The topological polar surface area (TPSA) is 55.4 Å². The first kappa shape index (κ1) is 31.5. The Kier molecular flexibility index (Phi) is 17.1. The zero-order valence-electron chi connectivity index (χ0n) is 19.6. The van der Waals surface area contributed by atoms with Gasteiger partial charge in [-0.15, -0.1) is 37.2 Å². The van der Waals surface area contributed by atoms with Crippen LogP contribution in [0.1, 0.15) is 39.5 Å². The Morgan fingerprint density at radius 3 is 1.52 bits per heavy atom. The Morgan fingerprint density at radius 2 is 1.09 bits per heavy atom. The summed E-state index contributed by atoms with van der Waals surface area (Å²) in [6.45, 7) is 9.53. The molecular formula is C25H38Cl3N3O2. The molecule has 33 heavy (non-hydrogen) atoms. The number of hydrogen-bond donors (Lipinski definition) is 2. The number of nitrogens with one attached hydrogen (secondary N) is 2. The number of benzene rings is 2. The Morgan fingerprint density at radius 1 is 0.636 bits per heavy atom. The van der Waals surface area contributed by atoms with Crippen molar-refractivity contribution >= 4 is 59.0 Å². The van der Waals surface area contributed by atoms with Gasteiger partial charge in [0.1, 0.15) is 24.7 Å². The number of pyridine rings is 1. The number of rotatable bonds is 14. The monoisotopic (exact) mass is 517 g/mol. The molecule has 0 amide bonds. The van der Waals surface area contributed by atoms with E-state index in [1.54, 1.807) is 0 Å². The van der Waals surface area contributed by atoms with Gasteiger partial charge in [0.25, 0.3) is 0 Å². The Balaban J connectivity index is 0.00000341. The van der Waals surface area contributed by atoms with E-state index >= 15 is 0 Å². The average Bonchev–Trinajstić information content (AvgIpc) is 2.77. The highest BCUT2D eigenvalue weighted by Gasteiger charge is 2.04. The van der Waals surface area contributed by atoms with Crippen molar-refractivity contribution in [1.29, 1.82) is 0 Å². The minimum atomic E-state index is 0. The predicted octanol–water partition coefficient (Wildman–Crippen LogP) is 6.19. The smallest absolute Gasteiger partial charge is 0.121 e. The molecule has 1 heterocycles. The van der Waals surface area contributed by atoms with Gasteiger partial charge < -0.3 is 20.1 Å². The number of hydrogen-bond acceptors (Lipinski definition) is 5. The summed E-state index contributed by atoms with van der Waals surface area (Å²) in [5, 5.41) is 9.02. The molecule has 0 aliphatic heterocycles. The lowest BCUT2D eigenvalue weighted by atomic mass is 10.1. The summed E-state index contributed by atoms with van der Waals surface area (Å²) in [4.78, 5) is 4.85. The number of ether oxygens (including phenoxy) is 2. The molecule has 2 aromatic carbocycles. The molecule has 0 fully saturated rings. The molecule has 0 saturated heterocycles. The van der Waals surface area contributed by atoms with Crippen LogP contribution < -0.4 is 20.1 Å². The highest BCUT2D eigenvalue weighted by atomic mass is 35.5. The summed E-state index contributed by atoms with van der Waals surface area (Å²) >= 11 is 0. The van der Waals surface area contributed by atoms with Gasteiger partial charge in [-0.05, 0) is 56.3 Å². The van der Waals surface area contributed by atoms with Crippen molar-refractivity contribution in [3.8, 4) is 11.5 Å². The quantitative estimate of drug-likeness (QED) is 0.197. The molecule has 1 aromatic heterocycles. The van der Waals surface area contributed by atoms with E-state index in [0.29, 0.717) is 13.2 Å². The molecule has 0 unspecified atom stereocenters. The number of halogens is 3.